The molecule has 0 radical (unpaired) electrons. The molecular weight excluding hydrogens is 282 g/mol. The summed E-state index contributed by atoms with van der Waals surface area (Å²) in [7, 11) is 0. The van der Waals surface area contributed by atoms with E-state index in [-0.39, 0.29) is 5.78 Å². The van der Waals surface area contributed by atoms with Gasteiger partial charge in [0.15, 0.2) is 5.78 Å². The van der Waals surface area contributed by atoms with Crippen LogP contribution in [0.3, 0.4) is 0 Å². The highest BCUT2D eigenvalue weighted by molar-refractivity contribution is 6.20. The van der Waals surface area contributed by atoms with Crippen molar-refractivity contribution in [1.29, 1.82) is 0 Å². The van der Waals surface area contributed by atoms with E-state index >= 15 is 0 Å². The van der Waals surface area contributed by atoms with E-state index in [0.717, 1.165) is 53.7 Å². The maximum atomic E-state index is 12.9. The van der Waals surface area contributed by atoms with Crippen molar-refractivity contribution in [3.8, 4) is 0 Å². The van der Waals surface area contributed by atoms with E-state index in [9.17, 15) is 4.79 Å². The second-order valence-electron chi connectivity index (χ2n) is 5.91. The number of unbranched alkanes of at least 4 members (excludes halogenated alkanes) is 1. The largest absolute Gasteiger partial charge is 0.385 e. The second-order valence-corrected chi connectivity index (χ2v) is 5.91. The molecule has 0 amide bonds. The van der Waals surface area contributed by atoms with Crippen molar-refractivity contribution < 1.29 is 4.79 Å². The molecule has 1 aliphatic rings. The molecule has 3 rings (SSSR count). The molecule has 0 aromatic heterocycles. The summed E-state index contributed by atoms with van der Waals surface area (Å²) in [4.78, 5) is 12.9. The van der Waals surface area contributed by atoms with Crippen LogP contribution in [0, 0.1) is 0 Å². The Kier molecular flexibility index (Phi) is 4.61. The summed E-state index contributed by atoms with van der Waals surface area (Å²) in [5, 5.41) is 3.52. The van der Waals surface area contributed by atoms with Gasteiger partial charge in [-0.05, 0) is 30.0 Å². The molecule has 0 fully saturated rings. The maximum Gasteiger partial charge on any atom is 0.194 e. The van der Waals surface area contributed by atoms with Crippen LogP contribution in [0.1, 0.15) is 60.2 Å². The first-order chi connectivity index (χ1) is 11.3. The van der Waals surface area contributed by atoms with E-state index in [0.29, 0.717) is 0 Å². The lowest BCUT2D eigenvalue weighted by Gasteiger charge is -2.24. The third-order valence-corrected chi connectivity index (χ3v) is 4.29. The first-order valence-electron chi connectivity index (χ1n) is 8.49. The fourth-order valence-electron chi connectivity index (χ4n) is 3.19. The Hall–Kier alpha value is -2.35. The number of allylic oxidation sites excluding steroid dienone is 1. The van der Waals surface area contributed by atoms with Crippen molar-refractivity contribution in [3.63, 3.8) is 0 Å². The maximum absolute atomic E-state index is 12.9. The number of carbonyl (C=O) groups excluding carboxylic acids is 1. The molecule has 0 heterocycles. The average Bonchev–Trinajstić information content (AvgIpc) is 2.59. The molecule has 2 aromatic carbocycles. The standard InChI is InChI=1S/C21H23NO/c1-3-5-14-22-19-13-8-12-18-20(19)16(9-4-2)15-10-6-7-11-17(15)21(18)23/h6-13,22H,3-5,14H2,1-2H3. The molecular formula is C21H23NO. The highest BCUT2D eigenvalue weighted by Gasteiger charge is 2.28. The van der Waals surface area contributed by atoms with Gasteiger partial charge in [-0.25, -0.2) is 0 Å². The van der Waals surface area contributed by atoms with Crippen molar-refractivity contribution in [2.45, 2.75) is 33.1 Å². The van der Waals surface area contributed by atoms with Crippen LogP contribution in [0.2, 0.25) is 0 Å². The third-order valence-electron chi connectivity index (χ3n) is 4.29. The van der Waals surface area contributed by atoms with Gasteiger partial charge in [-0.2, -0.15) is 0 Å². The minimum atomic E-state index is 0.128. The predicted octanol–water partition coefficient (Wildman–Crippen LogP) is 5.28. The number of rotatable bonds is 5. The number of anilines is 1. The van der Waals surface area contributed by atoms with Crippen LogP contribution in [0.5, 0.6) is 0 Å². The smallest absolute Gasteiger partial charge is 0.194 e. The normalized spacial score (nSPS) is 14.5. The Bertz CT molecular complexity index is 758. The van der Waals surface area contributed by atoms with Gasteiger partial charge >= 0.3 is 0 Å². The molecule has 1 aliphatic carbocycles. The number of hydrogen-bond acceptors (Lipinski definition) is 2. The van der Waals surface area contributed by atoms with Gasteiger partial charge in [0.05, 0.1) is 0 Å². The number of hydrogen-bond donors (Lipinski definition) is 1. The molecule has 2 heteroatoms. The zero-order valence-electron chi connectivity index (χ0n) is 13.9. The summed E-state index contributed by atoms with van der Waals surface area (Å²) in [6.07, 6.45) is 5.46. The second kappa shape index (κ2) is 6.82. The lowest BCUT2D eigenvalue weighted by atomic mass is 9.80. The monoisotopic (exact) mass is 305 g/mol. The quantitative estimate of drug-likeness (QED) is 0.649. The summed E-state index contributed by atoms with van der Waals surface area (Å²) >= 11 is 0. The minimum absolute atomic E-state index is 0.128. The lowest BCUT2D eigenvalue weighted by molar-refractivity contribution is 0.103. The number of fused-ring (bicyclic) bond motifs is 2. The van der Waals surface area contributed by atoms with Crippen LogP contribution in [-0.4, -0.2) is 12.3 Å². The van der Waals surface area contributed by atoms with Crippen LogP contribution in [0.4, 0.5) is 5.69 Å². The fourth-order valence-corrected chi connectivity index (χ4v) is 3.19. The molecule has 0 bridgehead atoms. The van der Waals surface area contributed by atoms with Gasteiger partial charge in [0.25, 0.3) is 0 Å². The van der Waals surface area contributed by atoms with Gasteiger partial charge in [-0.3, -0.25) is 4.79 Å². The fraction of sp³-hybridized carbons (Fsp3) is 0.286. The molecule has 23 heavy (non-hydrogen) atoms. The molecule has 2 aromatic rings. The molecule has 0 atom stereocenters. The van der Waals surface area contributed by atoms with Gasteiger partial charge in [0.1, 0.15) is 0 Å². The van der Waals surface area contributed by atoms with Crippen LogP contribution in [0.15, 0.2) is 48.5 Å². The lowest BCUT2D eigenvalue weighted by Crippen LogP contribution is -2.16. The summed E-state index contributed by atoms with van der Waals surface area (Å²) in [5.41, 5.74) is 5.98. The zero-order valence-corrected chi connectivity index (χ0v) is 13.9. The third kappa shape index (κ3) is 2.81. The van der Waals surface area contributed by atoms with Crippen LogP contribution in [0.25, 0.3) is 5.57 Å². The van der Waals surface area contributed by atoms with Crippen molar-refractivity contribution in [2.75, 3.05) is 11.9 Å². The van der Waals surface area contributed by atoms with E-state index in [1.807, 2.05) is 30.3 Å². The Morgan fingerprint density at radius 3 is 2.43 bits per heavy atom. The Morgan fingerprint density at radius 1 is 0.957 bits per heavy atom. The number of carbonyl (C=O) groups is 1. The van der Waals surface area contributed by atoms with Crippen molar-refractivity contribution >= 4 is 17.0 Å². The van der Waals surface area contributed by atoms with Crippen LogP contribution < -0.4 is 5.32 Å². The van der Waals surface area contributed by atoms with Crippen molar-refractivity contribution in [2.24, 2.45) is 0 Å². The van der Waals surface area contributed by atoms with Gasteiger partial charge in [0, 0.05) is 28.9 Å². The van der Waals surface area contributed by atoms with E-state index in [4.69, 9.17) is 0 Å². The first-order valence-corrected chi connectivity index (χ1v) is 8.49. The van der Waals surface area contributed by atoms with E-state index in [1.165, 1.54) is 5.57 Å². The Morgan fingerprint density at radius 2 is 1.70 bits per heavy atom. The number of ketones is 1. The van der Waals surface area contributed by atoms with Crippen molar-refractivity contribution in [3.05, 3.63) is 70.8 Å². The number of nitrogens with one attached hydrogen (secondary N) is 1. The van der Waals surface area contributed by atoms with Crippen molar-refractivity contribution in [1.82, 2.24) is 0 Å². The van der Waals surface area contributed by atoms with E-state index in [1.54, 1.807) is 0 Å². The molecule has 0 spiro atoms. The molecule has 0 unspecified atom stereocenters. The van der Waals surface area contributed by atoms with E-state index in [2.05, 4.69) is 37.4 Å². The summed E-state index contributed by atoms with van der Waals surface area (Å²) in [5.74, 6) is 0.128. The molecule has 0 saturated heterocycles. The van der Waals surface area contributed by atoms with Gasteiger partial charge in [-0.1, -0.05) is 62.7 Å². The van der Waals surface area contributed by atoms with Gasteiger partial charge < -0.3 is 5.32 Å². The first kappa shape index (κ1) is 15.5. The highest BCUT2D eigenvalue weighted by Crippen LogP contribution is 2.40. The summed E-state index contributed by atoms with van der Waals surface area (Å²) in [6, 6.07) is 13.9. The molecule has 0 aliphatic heterocycles. The minimum Gasteiger partial charge on any atom is -0.385 e. The van der Waals surface area contributed by atoms with Gasteiger partial charge in [0.2, 0.25) is 0 Å². The zero-order chi connectivity index (χ0) is 16.2. The van der Waals surface area contributed by atoms with Crippen LogP contribution in [-0.2, 0) is 0 Å². The van der Waals surface area contributed by atoms with Crippen LogP contribution >= 0.6 is 0 Å². The summed E-state index contributed by atoms with van der Waals surface area (Å²) < 4.78 is 0. The number of benzene rings is 2. The molecule has 0 saturated carbocycles. The molecule has 2 nitrogen and oxygen atoms in total. The van der Waals surface area contributed by atoms with Gasteiger partial charge in [-0.15, -0.1) is 0 Å². The highest BCUT2D eigenvalue weighted by atomic mass is 16.1. The Labute approximate surface area is 138 Å². The Balaban J connectivity index is 2.15. The SMILES string of the molecule is CCC=C1c2ccccc2C(=O)c2cccc(NCCCC)c21. The van der Waals surface area contributed by atoms with E-state index < -0.39 is 0 Å². The summed E-state index contributed by atoms with van der Waals surface area (Å²) in [6.45, 7) is 5.26. The predicted molar refractivity (Wildman–Crippen MR) is 97.1 cm³/mol. The average molecular weight is 305 g/mol. The molecule has 118 valence electrons. The molecule has 1 N–H and O–H groups in total. The topological polar surface area (TPSA) is 29.1 Å².